The fraction of sp³-hybridized carbons (Fsp3) is 0.545. The van der Waals surface area contributed by atoms with Gasteiger partial charge in [0.2, 0.25) is 5.88 Å². The van der Waals surface area contributed by atoms with Crippen LogP contribution in [0.4, 0.5) is 5.00 Å². The highest BCUT2D eigenvalue weighted by Gasteiger charge is 2.20. The average Bonchev–Trinajstić information content (AvgIpc) is 3.29. The van der Waals surface area contributed by atoms with Crippen molar-refractivity contribution in [1.82, 2.24) is 15.6 Å². The van der Waals surface area contributed by atoms with Crippen LogP contribution >= 0.6 is 11.3 Å². The average molecular weight is 416 g/mol. The lowest BCUT2D eigenvalue weighted by molar-refractivity contribution is 0.294. The molecule has 6 nitrogen and oxygen atoms in total. The molecule has 1 saturated heterocycles. The standard InChI is InChI=1S/C22H33N5OS/c1-3-5-15-28-21-18(8-6-12-24-21)17-25-22(23-4-2)26-19-10-13-27(14-11-19)20-9-7-16-29-20/h6-9,12,16,19H,3-5,10-11,13-15,17H2,1-2H3,(H2,23,25,26). The monoisotopic (exact) mass is 415 g/mol. The summed E-state index contributed by atoms with van der Waals surface area (Å²) in [5.41, 5.74) is 1.02. The van der Waals surface area contributed by atoms with Gasteiger partial charge in [-0.15, -0.1) is 11.3 Å². The highest BCUT2D eigenvalue weighted by Crippen LogP contribution is 2.24. The lowest BCUT2D eigenvalue weighted by atomic mass is 10.1. The molecule has 0 aliphatic carbocycles. The number of piperidine rings is 1. The van der Waals surface area contributed by atoms with Crippen LogP contribution < -0.4 is 20.3 Å². The largest absolute Gasteiger partial charge is 0.477 e. The van der Waals surface area contributed by atoms with Crippen LogP contribution in [0.1, 0.15) is 45.1 Å². The van der Waals surface area contributed by atoms with Gasteiger partial charge in [0.1, 0.15) is 0 Å². The third kappa shape index (κ3) is 6.63. The smallest absolute Gasteiger partial charge is 0.218 e. The van der Waals surface area contributed by atoms with Gasteiger partial charge in [-0.25, -0.2) is 9.98 Å². The van der Waals surface area contributed by atoms with E-state index >= 15 is 0 Å². The van der Waals surface area contributed by atoms with Gasteiger partial charge in [-0.3, -0.25) is 0 Å². The Labute approximate surface area is 178 Å². The van der Waals surface area contributed by atoms with E-state index < -0.39 is 0 Å². The Morgan fingerprint density at radius 3 is 2.86 bits per heavy atom. The van der Waals surface area contributed by atoms with E-state index in [1.165, 1.54) is 5.00 Å². The number of rotatable bonds is 9. The summed E-state index contributed by atoms with van der Waals surface area (Å²) in [6.45, 7) is 8.51. The molecule has 1 aliphatic rings. The molecule has 2 N–H and O–H groups in total. The van der Waals surface area contributed by atoms with Crippen LogP contribution in [-0.2, 0) is 6.54 Å². The van der Waals surface area contributed by atoms with E-state index in [2.05, 4.69) is 51.9 Å². The number of thiophene rings is 1. The first-order valence-corrected chi connectivity index (χ1v) is 11.6. The van der Waals surface area contributed by atoms with Gasteiger partial charge < -0.3 is 20.3 Å². The quantitative estimate of drug-likeness (QED) is 0.368. The summed E-state index contributed by atoms with van der Waals surface area (Å²) in [5, 5.41) is 10.5. The molecule has 2 aromatic rings. The van der Waals surface area contributed by atoms with Crippen molar-refractivity contribution < 1.29 is 4.74 Å². The Balaban J connectivity index is 1.55. The molecule has 158 valence electrons. The zero-order valence-electron chi connectivity index (χ0n) is 17.6. The Morgan fingerprint density at radius 1 is 1.28 bits per heavy atom. The third-order valence-corrected chi connectivity index (χ3v) is 5.92. The molecule has 0 bridgehead atoms. The predicted molar refractivity (Wildman–Crippen MR) is 122 cm³/mol. The van der Waals surface area contributed by atoms with Gasteiger partial charge in [-0.1, -0.05) is 19.4 Å². The SMILES string of the molecule is CCCCOc1ncccc1CN=C(NCC)NC1CCN(c2cccs2)CC1. The van der Waals surface area contributed by atoms with E-state index in [-0.39, 0.29) is 0 Å². The number of hydrogen-bond acceptors (Lipinski definition) is 5. The van der Waals surface area contributed by atoms with Crippen LogP contribution in [-0.4, -0.2) is 43.2 Å². The summed E-state index contributed by atoms with van der Waals surface area (Å²) < 4.78 is 5.84. The number of guanidine groups is 1. The van der Waals surface area contributed by atoms with Gasteiger partial charge in [-0.05, 0) is 49.8 Å². The number of aliphatic imine (C=N–C) groups is 1. The molecule has 3 heterocycles. The van der Waals surface area contributed by atoms with Gasteiger partial charge in [-0.2, -0.15) is 0 Å². The molecular weight excluding hydrogens is 382 g/mol. The van der Waals surface area contributed by atoms with Gasteiger partial charge >= 0.3 is 0 Å². The number of aromatic nitrogens is 1. The normalized spacial score (nSPS) is 15.4. The summed E-state index contributed by atoms with van der Waals surface area (Å²) in [7, 11) is 0. The molecule has 0 amide bonds. The Kier molecular flexibility index (Phi) is 8.61. The zero-order chi connectivity index (χ0) is 20.3. The molecule has 29 heavy (non-hydrogen) atoms. The van der Waals surface area contributed by atoms with E-state index in [0.29, 0.717) is 25.1 Å². The van der Waals surface area contributed by atoms with Crippen LogP contribution in [0.3, 0.4) is 0 Å². The van der Waals surface area contributed by atoms with Crippen LogP contribution in [0, 0.1) is 0 Å². The first kappa shape index (κ1) is 21.4. The van der Waals surface area contributed by atoms with Crippen LogP contribution in [0.15, 0.2) is 40.8 Å². The number of nitrogens with zero attached hydrogens (tertiary/aromatic N) is 3. The summed E-state index contributed by atoms with van der Waals surface area (Å²) in [6, 6.07) is 8.76. The number of unbranched alkanes of at least 4 members (excludes halogenated alkanes) is 1. The molecule has 0 aromatic carbocycles. The highest BCUT2D eigenvalue weighted by atomic mass is 32.1. The van der Waals surface area contributed by atoms with Crippen molar-refractivity contribution in [3.05, 3.63) is 41.4 Å². The molecule has 0 spiro atoms. The Morgan fingerprint density at radius 2 is 2.14 bits per heavy atom. The summed E-state index contributed by atoms with van der Waals surface area (Å²) >= 11 is 1.82. The minimum Gasteiger partial charge on any atom is -0.477 e. The van der Waals surface area contributed by atoms with E-state index in [1.807, 2.05) is 23.5 Å². The van der Waals surface area contributed by atoms with Gasteiger partial charge in [0.25, 0.3) is 0 Å². The maximum Gasteiger partial charge on any atom is 0.218 e. The van der Waals surface area contributed by atoms with E-state index in [1.54, 1.807) is 6.20 Å². The predicted octanol–water partition coefficient (Wildman–Crippen LogP) is 4.05. The molecule has 1 fully saturated rings. The van der Waals surface area contributed by atoms with Gasteiger partial charge in [0, 0.05) is 37.4 Å². The van der Waals surface area contributed by atoms with Crippen LogP contribution in [0.2, 0.25) is 0 Å². The van der Waals surface area contributed by atoms with Gasteiger partial charge in [0.05, 0.1) is 18.2 Å². The van der Waals surface area contributed by atoms with E-state index in [9.17, 15) is 0 Å². The van der Waals surface area contributed by atoms with Gasteiger partial charge in [0.15, 0.2) is 5.96 Å². The van der Waals surface area contributed by atoms with Crippen molar-refractivity contribution in [3.63, 3.8) is 0 Å². The summed E-state index contributed by atoms with van der Waals surface area (Å²) in [5.74, 6) is 1.57. The fourth-order valence-corrected chi connectivity index (χ4v) is 4.14. The molecule has 2 aromatic heterocycles. The van der Waals surface area contributed by atoms with E-state index in [0.717, 1.165) is 56.8 Å². The molecule has 0 unspecified atom stereocenters. The molecule has 0 saturated carbocycles. The number of nitrogens with one attached hydrogen (secondary N) is 2. The first-order chi connectivity index (χ1) is 14.3. The molecular formula is C22H33N5OS. The molecule has 0 atom stereocenters. The highest BCUT2D eigenvalue weighted by molar-refractivity contribution is 7.14. The molecule has 0 radical (unpaired) electrons. The lowest BCUT2D eigenvalue weighted by Crippen LogP contribution is -2.48. The van der Waals surface area contributed by atoms with Crippen molar-refractivity contribution in [2.45, 2.75) is 52.1 Å². The first-order valence-electron chi connectivity index (χ1n) is 10.7. The number of pyridine rings is 1. The second-order valence-electron chi connectivity index (χ2n) is 7.22. The number of anilines is 1. The fourth-order valence-electron chi connectivity index (χ4n) is 3.36. The van der Waals surface area contributed by atoms with Crippen molar-refractivity contribution in [1.29, 1.82) is 0 Å². The maximum absolute atomic E-state index is 5.84. The number of hydrogen-bond donors (Lipinski definition) is 2. The molecule has 1 aliphatic heterocycles. The second-order valence-corrected chi connectivity index (χ2v) is 8.15. The topological polar surface area (TPSA) is 61.8 Å². The van der Waals surface area contributed by atoms with Crippen molar-refractivity contribution >= 4 is 22.3 Å². The van der Waals surface area contributed by atoms with Crippen molar-refractivity contribution in [2.75, 3.05) is 31.1 Å². The second kappa shape index (κ2) is 11.7. The molecule has 3 rings (SSSR count). The van der Waals surface area contributed by atoms with Crippen LogP contribution in [0.25, 0.3) is 0 Å². The summed E-state index contributed by atoms with van der Waals surface area (Å²) in [6.07, 6.45) is 6.15. The Bertz CT molecular complexity index is 741. The lowest BCUT2D eigenvalue weighted by Gasteiger charge is -2.33. The Hall–Kier alpha value is -2.28. The molecule has 7 heteroatoms. The zero-order valence-corrected chi connectivity index (χ0v) is 18.4. The summed E-state index contributed by atoms with van der Waals surface area (Å²) in [4.78, 5) is 11.7. The van der Waals surface area contributed by atoms with Crippen LogP contribution in [0.5, 0.6) is 5.88 Å². The van der Waals surface area contributed by atoms with E-state index in [4.69, 9.17) is 9.73 Å². The minimum atomic E-state index is 0.443. The third-order valence-electron chi connectivity index (χ3n) is 4.99. The number of ether oxygens (including phenoxy) is 1. The maximum atomic E-state index is 5.84. The van der Waals surface area contributed by atoms with Crippen molar-refractivity contribution in [2.24, 2.45) is 4.99 Å². The minimum absolute atomic E-state index is 0.443. The van der Waals surface area contributed by atoms with Crippen molar-refractivity contribution in [3.8, 4) is 5.88 Å².